The molecule has 1 aliphatic rings. The van der Waals surface area contributed by atoms with Crippen LogP contribution in [0.2, 0.25) is 5.02 Å². The molecule has 0 saturated carbocycles. The van der Waals surface area contributed by atoms with Crippen LogP contribution in [-0.2, 0) is 4.74 Å². The minimum Gasteiger partial charge on any atom is -0.436 e. The molecule has 1 saturated heterocycles. The van der Waals surface area contributed by atoms with Crippen LogP contribution in [0.25, 0.3) is 0 Å². The molecule has 1 heterocycles. The molecule has 25 heavy (non-hydrogen) atoms. The van der Waals surface area contributed by atoms with Gasteiger partial charge in [-0.15, -0.1) is 0 Å². The van der Waals surface area contributed by atoms with Gasteiger partial charge >= 0.3 is 6.09 Å². The van der Waals surface area contributed by atoms with E-state index in [0.29, 0.717) is 13.1 Å². The average Bonchev–Trinajstić information content (AvgIpc) is 2.67. The summed E-state index contributed by atoms with van der Waals surface area (Å²) >= 11 is 5.92. The van der Waals surface area contributed by atoms with Gasteiger partial charge in [0.15, 0.2) is 6.61 Å². The van der Waals surface area contributed by atoms with Crippen LogP contribution in [0.4, 0.5) is 10.5 Å². The maximum Gasteiger partial charge on any atom is 0.410 e. The first-order valence-corrected chi connectivity index (χ1v) is 8.56. The van der Waals surface area contributed by atoms with Crippen LogP contribution in [0.5, 0.6) is 0 Å². The van der Waals surface area contributed by atoms with Crippen molar-refractivity contribution in [1.82, 2.24) is 4.90 Å². The first-order valence-electron chi connectivity index (χ1n) is 8.18. The maximum absolute atomic E-state index is 12.1. The zero-order valence-corrected chi connectivity index (χ0v) is 14.6. The van der Waals surface area contributed by atoms with E-state index in [9.17, 15) is 4.79 Å². The van der Waals surface area contributed by atoms with Crippen molar-refractivity contribution in [2.24, 2.45) is 0 Å². The van der Waals surface area contributed by atoms with Crippen molar-refractivity contribution in [3.63, 3.8) is 0 Å². The highest BCUT2D eigenvalue weighted by molar-refractivity contribution is 6.30. The molecule has 0 atom stereocenters. The number of hydrogen-bond donors (Lipinski definition) is 0. The second-order valence-corrected chi connectivity index (χ2v) is 6.11. The van der Waals surface area contributed by atoms with E-state index in [1.165, 1.54) is 0 Å². The Hall–Kier alpha value is -2.64. The van der Waals surface area contributed by atoms with Crippen LogP contribution in [0, 0.1) is 11.8 Å². The molecule has 128 valence electrons. The Balaban J connectivity index is 1.44. The van der Waals surface area contributed by atoms with Crippen molar-refractivity contribution in [1.29, 1.82) is 0 Å². The lowest BCUT2D eigenvalue weighted by molar-refractivity contribution is 0.111. The van der Waals surface area contributed by atoms with Crippen LogP contribution in [-0.4, -0.2) is 43.8 Å². The highest BCUT2D eigenvalue weighted by Gasteiger charge is 2.22. The number of anilines is 1. The Morgan fingerprint density at radius 2 is 1.68 bits per heavy atom. The summed E-state index contributed by atoms with van der Waals surface area (Å²) in [6.45, 7) is 2.91. The van der Waals surface area contributed by atoms with Gasteiger partial charge in [-0.3, -0.25) is 0 Å². The highest BCUT2D eigenvalue weighted by Crippen LogP contribution is 2.19. The van der Waals surface area contributed by atoms with E-state index < -0.39 is 0 Å². The monoisotopic (exact) mass is 354 g/mol. The largest absolute Gasteiger partial charge is 0.436 e. The first kappa shape index (κ1) is 17.2. The predicted octanol–water partition coefficient (Wildman–Crippen LogP) is 3.65. The van der Waals surface area contributed by atoms with E-state index in [1.807, 2.05) is 54.6 Å². The van der Waals surface area contributed by atoms with Crippen molar-refractivity contribution >= 4 is 23.4 Å². The maximum atomic E-state index is 12.1. The summed E-state index contributed by atoms with van der Waals surface area (Å²) in [7, 11) is 0. The molecule has 0 aliphatic carbocycles. The van der Waals surface area contributed by atoms with Gasteiger partial charge in [-0.25, -0.2) is 4.79 Å². The predicted molar refractivity (Wildman–Crippen MR) is 99.9 cm³/mol. The molecule has 3 rings (SSSR count). The summed E-state index contributed by atoms with van der Waals surface area (Å²) in [5, 5.41) is 0.725. The molecule has 5 heteroatoms. The van der Waals surface area contributed by atoms with Crippen molar-refractivity contribution in [2.45, 2.75) is 0 Å². The number of benzene rings is 2. The molecule has 1 amide bonds. The Kier molecular flexibility index (Phi) is 5.81. The molecule has 0 aromatic heterocycles. The molecular weight excluding hydrogens is 336 g/mol. The van der Waals surface area contributed by atoms with Gasteiger partial charge < -0.3 is 14.5 Å². The molecule has 0 spiro atoms. The topological polar surface area (TPSA) is 32.8 Å². The van der Waals surface area contributed by atoms with Crippen LogP contribution in [0.15, 0.2) is 54.6 Å². The van der Waals surface area contributed by atoms with Crippen LogP contribution in [0.3, 0.4) is 0 Å². The van der Waals surface area contributed by atoms with Gasteiger partial charge in [0, 0.05) is 42.5 Å². The fraction of sp³-hybridized carbons (Fsp3) is 0.250. The normalized spacial score (nSPS) is 13.8. The van der Waals surface area contributed by atoms with E-state index in [1.54, 1.807) is 4.90 Å². The van der Waals surface area contributed by atoms with Crippen LogP contribution < -0.4 is 4.90 Å². The van der Waals surface area contributed by atoms with Gasteiger partial charge in [-0.1, -0.05) is 41.6 Å². The van der Waals surface area contributed by atoms with Crippen LogP contribution in [0.1, 0.15) is 5.56 Å². The van der Waals surface area contributed by atoms with E-state index in [4.69, 9.17) is 16.3 Å². The zero-order chi connectivity index (χ0) is 17.5. The Bertz CT molecular complexity index is 758. The van der Waals surface area contributed by atoms with Crippen molar-refractivity contribution in [2.75, 3.05) is 37.7 Å². The second kappa shape index (κ2) is 8.46. The number of ether oxygens (including phenoxy) is 1. The quantitative estimate of drug-likeness (QED) is 0.772. The van der Waals surface area contributed by atoms with Crippen molar-refractivity contribution in [3.8, 4) is 11.8 Å². The standard InChI is InChI=1S/C20H19ClN2O2/c21-18-8-10-19(11-9-18)22-12-14-23(15-13-22)20(24)25-16-4-7-17-5-2-1-3-6-17/h1-3,5-6,8-11H,12-16H2. The second-order valence-electron chi connectivity index (χ2n) is 5.67. The third kappa shape index (κ3) is 4.91. The highest BCUT2D eigenvalue weighted by atomic mass is 35.5. The summed E-state index contributed by atoms with van der Waals surface area (Å²) in [5.41, 5.74) is 2.03. The number of carbonyl (C=O) groups excluding carboxylic acids is 1. The smallest absolute Gasteiger partial charge is 0.410 e. The molecule has 0 unspecified atom stereocenters. The molecule has 1 fully saturated rings. The molecule has 2 aromatic carbocycles. The van der Waals surface area contributed by atoms with E-state index in [2.05, 4.69) is 16.7 Å². The summed E-state index contributed by atoms with van der Waals surface area (Å²) in [4.78, 5) is 16.0. The third-order valence-electron chi connectivity index (χ3n) is 4.00. The van der Waals surface area contributed by atoms with Crippen molar-refractivity contribution < 1.29 is 9.53 Å². The summed E-state index contributed by atoms with van der Waals surface area (Å²) in [6.07, 6.45) is -0.307. The summed E-state index contributed by atoms with van der Waals surface area (Å²) in [5.74, 6) is 5.84. The van der Waals surface area contributed by atoms with Gasteiger partial charge in [0.25, 0.3) is 0 Å². The van der Waals surface area contributed by atoms with Gasteiger partial charge in [0.05, 0.1) is 0 Å². The number of halogens is 1. The van der Waals surface area contributed by atoms with E-state index >= 15 is 0 Å². The lowest BCUT2D eigenvalue weighted by atomic mass is 10.2. The minimum absolute atomic E-state index is 0.102. The molecule has 2 aromatic rings. The molecular formula is C20H19ClN2O2. The number of piperazine rings is 1. The number of nitrogens with zero attached hydrogens (tertiary/aromatic N) is 2. The average molecular weight is 355 g/mol. The van der Waals surface area contributed by atoms with E-state index in [-0.39, 0.29) is 12.7 Å². The van der Waals surface area contributed by atoms with Gasteiger partial charge in [-0.2, -0.15) is 0 Å². The summed E-state index contributed by atoms with van der Waals surface area (Å²) < 4.78 is 5.24. The molecule has 0 radical (unpaired) electrons. The Morgan fingerprint density at radius 3 is 2.36 bits per heavy atom. The Morgan fingerprint density at radius 1 is 1.00 bits per heavy atom. The van der Waals surface area contributed by atoms with Crippen LogP contribution >= 0.6 is 11.6 Å². The third-order valence-corrected chi connectivity index (χ3v) is 4.26. The number of carbonyl (C=O) groups is 1. The number of amides is 1. The van der Waals surface area contributed by atoms with Crippen molar-refractivity contribution in [3.05, 3.63) is 65.2 Å². The molecule has 0 bridgehead atoms. The lowest BCUT2D eigenvalue weighted by Crippen LogP contribution is -2.49. The molecule has 4 nitrogen and oxygen atoms in total. The van der Waals surface area contributed by atoms with Gasteiger partial charge in [0.1, 0.15) is 0 Å². The zero-order valence-electron chi connectivity index (χ0n) is 13.8. The number of hydrogen-bond acceptors (Lipinski definition) is 3. The van der Waals surface area contributed by atoms with Gasteiger partial charge in [-0.05, 0) is 36.4 Å². The van der Waals surface area contributed by atoms with E-state index in [0.717, 1.165) is 29.4 Å². The molecule has 0 N–H and O–H groups in total. The fourth-order valence-corrected chi connectivity index (χ4v) is 2.77. The fourth-order valence-electron chi connectivity index (χ4n) is 2.65. The summed E-state index contributed by atoms with van der Waals surface area (Å²) in [6, 6.07) is 17.4. The minimum atomic E-state index is -0.307. The number of rotatable bonds is 2. The van der Waals surface area contributed by atoms with Gasteiger partial charge in [0.2, 0.25) is 0 Å². The Labute approximate surface area is 152 Å². The molecule has 1 aliphatic heterocycles. The lowest BCUT2D eigenvalue weighted by Gasteiger charge is -2.35. The first-order chi connectivity index (χ1) is 12.2. The SMILES string of the molecule is O=C(OCC#Cc1ccccc1)N1CCN(c2ccc(Cl)cc2)CC1.